The summed E-state index contributed by atoms with van der Waals surface area (Å²) in [5.74, 6) is 0. The molecule has 3 heteroatoms. The maximum atomic E-state index is 12.4. The normalized spacial score (nSPS) is 11.0. The minimum atomic E-state index is -0.495. The number of thiophene rings is 1. The van der Waals surface area contributed by atoms with Crippen molar-refractivity contribution in [3.8, 4) is 0 Å². The van der Waals surface area contributed by atoms with E-state index in [9.17, 15) is 4.39 Å². The highest BCUT2D eigenvalue weighted by molar-refractivity contribution is 7.16. The minimum Gasteiger partial charge on any atom is -0.420 e. The molecule has 0 N–H and O–H groups in total. The van der Waals surface area contributed by atoms with Crippen molar-refractivity contribution in [2.24, 2.45) is 0 Å². The fraction of sp³-hybridized carbons (Fsp3) is 0.143. The molecule has 0 radical (unpaired) electrons. The smallest absolute Gasteiger partial charge is 0.279 e. The Labute approximate surface area is 61.1 Å². The van der Waals surface area contributed by atoms with E-state index in [1.54, 1.807) is 0 Å². The summed E-state index contributed by atoms with van der Waals surface area (Å²) in [7, 11) is 0. The van der Waals surface area contributed by atoms with Gasteiger partial charge in [0.2, 0.25) is 0 Å². The summed E-state index contributed by atoms with van der Waals surface area (Å²) in [5, 5.41) is 2.84. The SMILES string of the molecule is Cc1csc2oc(F)cc12. The lowest BCUT2D eigenvalue weighted by atomic mass is 10.3. The zero-order valence-corrected chi connectivity index (χ0v) is 6.17. The van der Waals surface area contributed by atoms with Gasteiger partial charge in [-0.2, -0.15) is 4.39 Å². The van der Waals surface area contributed by atoms with Crippen LogP contribution < -0.4 is 0 Å². The van der Waals surface area contributed by atoms with Gasteiger partial charge in [0.1, 0.15) is 0 Å². The van der Waals surface area contributed by atoms with Crippen LogP contribution in [-0.2, 0) is 0 Å². The van der Waals surface area contributed by atoms with Gasteiger partial charge < -0.3 is 4.42 Å². The molecular formula is C7H5FOS. The molecular weight excluding hydrogens is 151 g/mol. The van der Waals surface area contributed by atoms with Crippen LogP contribution in [0.1, 0.15) is 5.56 Å². The second kappa shape index (κ2) is 1.83. The molecule has 0 saturated heterocycles. The molecule has 0 aliphatic rings. The van der Waals surface area contributed by atoms with Crippen LogP contribution in [0.25, 0.3) is 10.3 Å². The Balaban J connectivity index is 2.90. The van der Waals surface area contributed by atoms with Gasteiger partial charge in [0.15, 0.2) is 4.90 Å². The molecule has 0 aliphatic heterocycles. The average molecular weight is 156 g/mol. The fourth-order valence-electron chi connectivity index (χ4n) is 0.913. The highest BCUT2D eigenvalue weighted by Gasteiger charge is 2.05. The molecule has 0 spiro atoms. The van der Waals surface area contributed by atoms with Gasteiger partial charge >= 0.3 is 0 Å². The topological polar surface area (TPSA) is 13.1 Å². The Kier molecular flexibility index (Phi) is 1.08. The zero-order valence-electron chi connectivity index (χ0n) is 5.35. The molecule has 0 unspecified atom stereocenters. The number of aryl methyl sites for hydroxylation is 1. The van der Waals surface area contributed by atoms with Crippen molar-refractivity contribution < 1.29 is 8.81 Å². The van der Waals surface area contributed by atoms with E-state index in [1.807, 2.05) is 12.3 Å². The van der Waals surface area contributed by atoms with Crippen molar-refractivity contribution in [1.29, 1.82) is 0 Å². The molecule has 0 amide bonds. The molecule has 1 nitrogen and oxygen atoms in total. The van der Waals surface area contributed by atoms with Crippen LogP contribution in [0.2, 0.25) is 0 Å². The quantitative estimate of drug-likeness (QED) is 0.571. The van der Waals surface area contributed by atoms with Crippen molar-refractivity contribution >= 4 is 21.6 Å². The molecule has 0 saturated carbocycles. The Bertz CT molecular complexity index is 360. The van der Waals surface area contributed by atoms with Crippen molar-refractivity contribution in [2.45, 2.75) is 6.92 Å². The number of rotatable bonds is 0. The Morgan fingerprint density at radius 3 is 3.10 bits per heavy atom. The van der Waals surface area contributed by atoms with E-state index in [0.717, 1.165) is 10.9 Å². The monoisotopic (exact) mass is 156 g/mol. The molecule has 2 aromatic rings. The molecule has 2 rings (SSSR count). The first-order valence-electron chi connectivity index (χ1n) is 2.90. The lowest BCUT2D eigenvalue weighted by Gasteiger charge is -1.74. The molecule has 2 aromatic heterocycles. The van der Waals surface area contributed by atoms with E-state index in [2.05, 4.69) is 0 Å². The fourth-order valence-corrected chi connectivity index (χ4v) is 1.80. The second-order valence-corrected chi connectivity index (χ2v) is 3.01. The number of furan rings is 1. The van der Waals surface area contributed by atoms with E-state index >= 15 is 0 Å². The van der Waals surface area contributed by atoms with E-state index in [-0.39, 0.29) is 0 Å². The van der Waals surface area contributed by atoms with E-state index in [0.29, 0.717) is 4.90 Å². The molecule has 0 atom stereocenters. The Hall–Kier alpha value is -0.830. The van der Waals surface area contributed by atoms with Gasteiger partial charge in [-0.25, -0.2) is 0 Å². The summed E-state index contributed by atoms with van der Waals surface area (Å²) in [5.41, 5.74) is 1.08. The zero-order chi connectivity index (χ0) is 7.14. The van der Waals surface area contributed by atoms with Crippen LogP contribution in [0, 0.1) is 12.9 Å². The number of halogens is 1. The third-order valence-electron chi connectivity index (χ3n) is 1.44. The maximum absolute atomic E-state index is 12.4. The van der Waals surface area contributed by atoms with Crippen LogP contribution in [-0.4, -0.2) is 0 Å². The average Bonchev–Trinajstić information content (AvgIpc) is 2.35. The Morgan fingerprint density at radius 1 is 1.60 bits per heavy atom. The van der Waals surface area contributed by atoms with Gasteiger partial charge in [-0.15, -0.1) is 11.3 Å². The number of fused-ring (bicyclic) bond motifs is 1. The summed E-state index contributed by atoms with van der Waals surface area (Å²) < 4.78 is 17.1. The molecule has 2 heterocycles. The third-order valence-corrected chi connectivity index (χ3v) is 2.42. The van der Waals surface area contributed by atoms with Gasteiger partial charge in [0, 0.05) is 11.5 Å². The predicted octanol–water partition coefficient (Wildman–Crippen LogP) is 2.94. The van der Waals surface area contributed by atoms with Gasteiger partial charge in [-0.05, 0) is 17.9 Å². The van der Waals surface area contributed by atoms with Crippen LogP contribution in [0.5, 0.6) is 0 Å². The molecule has 52 valence electrons. The van der Waals surface area contributed by atoms with Gasteiger partial charge in [-0.1, -0.05) is 0 Å². The largest absolute Gasteiger partial charge is 0.420 e. The van der Waals surface area contributed by atoms with Gasteiger partial charge in [-0.3, -0.25) is 0 Å². The molecule has 0 fully saturated rings. The van der Waals surface area contributed by atoms with Crippen molar-refractivity contribution in [3.63, 3.8) is 0 Å². The minimum absolute atomic E-state index is 0.495. The van der Waals surface area contributed by atoms with Crippen LogP contribution in [0.4, 0.5) is 4.39 Å². The molecule has 0 aliphatic carbocycles. The Morgan fingerprint density at radius 2 is 2.40 bits per heavy atom. The number of hydrogen-bond donors (Lipinski definition) is 0. The van der Waals surface area contributed by atoms with Crippen LogP contribution in [0.15, 0.2) is 15.9 Å². The van der Waals surface area contributed by atoms with Crippen molar-refractivity contribution in [1.82, 2.24) is 0 Å². The highest BCUT2D eigenvalue weighted by Crippen LogP contribution is 2.27. The summed E-state index contributed by atoms with van der Waals surface area (Å²) in [6, 6.07) is 0.922. The van der Waals surface area contributed by atoms with E-state index in [1.165, 1.54) is 17.4 Å². The lowest BCUT2D eigenvalue weighted by molar-refractivity contribution is 0.384. The number of hydrogen-bond acceptors (Lipinski definition) is 2. The van der Waals surface area contributed by atoms with E-state index < -0.39 is 6.01 Å². The van der Waals surface area contributed by atoms with E-state index in [4.69, 9.17) is 4.42 Å². The van der Waals surface area contributed by atoms with Gasteiger partial charge in [0.05, 0.1) is 0 Å². The molecule has 0 aromatic carbocycles. The predicted molar refractivity (Wildman–Crippen MR) is 38.8 cm³/mol. The van der Waals surface area contributed by atoms with Crippen LogP contribution in [0.3, 0.4) is 0 Å². The van der Waals surface area contributed by atoms with Crippen molar-refractivity contribution in [3.05, 3.63) is 23.0 Å². The summed E-state index contributed by atoms with van der Waals surface area (Å²) >= 11 is 1.43. The summed E-state index contributed by atoms with van der Waals surface area (Å²) in [4.78, 5) is 0.676. The summed E-state index contributed by atoms with van der Waals surface area (Å²) in [6.45, 7) is 1.94. The first-order chi connectivity index (χ1) is 4.77. The molecule has 10 heavy (non-hydrogen) atoms. The van der Waals surface area contributed by atoms with Crippen molar-refractivity contribution in [2.75, 3.05) is 0 Å². The third kappa shape index (κ3) is 0.671. The lowest BCUT2D eigenvalue weighted by Crippen LogP contribution is -1.58. The summed E-state index contributed by atoms with van der Waals surface area (Å²) in [6.07, 6.45) is 0. The highest BCUT2D eigenvalue weighted by atomic mass is 32.1. The first kappa shape index (κ1) is 5.92. The van der Waals surface area contributed by atoms with Gasteiger partial charge in [0.25, 0.3) is 6.01 Å². The van der Waals surface area contributed by atoms with Crippen LogP contribution >= 0.6 is 11.3 Å². The standard InChI is InChI=1S/C7H5FOS/c1-4-3-10-7-5(4)2-6(8)9-7/h2-3H,1H3. The molecule has 0 bridgehead atoms. The second-order valence-electron chi connectivity index (χ2n) is 2.17. The first-order valence-corrected chi connectivity index (χ1v) is 3.78. The maximum Gasteiger partial charge on any atom is 0.279 e.